The van der Waals surface area contributed by atoms with Crippen molar-refractivity contribution in [1.82, 2.24) is 0 Å². The van der Waals surface area contributed by atoms with Crippen molar-refractivity contribution in [3.05, 3.63) is 36.5 Å². The maximum absolute atomic E-state index is 9.89. The Bertz CT molecular complexity index is 176. The van der Waals surface area contributed by atoms with Gasteiger partial charge in [0.1, 0.15) is 0 Å². The summed E-state index contributed by atoms with van der Waals surface area (Å²) in [6, 6.07) is 0. The number of aliphatic carboxylic acids is 1. The molecule has 0 aromatic carbocycles. The average molecular weight is 138 g/mol. The second-order valence-electron chi connectivity index (χ2n) is 1.61. The monoisotopic (exact) mass is 138 g/mol. The van der Waals surface area contributed by atoms with E-state index in [2.05, 4.69) is 0 Å². The minimum atomic E-state index is -0.926. The van der Waals surface area contributed by atoms with Crippen molar-refractivity contribution in [2.75, 3.05) is 0 Å². The van der Waals surface area contributed by atoms with Crippen LogP contribution in [0.5, 0.6) is 0 Å². The molecule has 0 aromatic heterocycles. The van der Waals surface area contributed by atoms with E-state index in [9.17, 15) is 4.79 Å². The van der Waals surface area contributed by atoms with Crippen LogP contribution in [0.25, 0.3) is 0 Å². The quantitative estimate of drug-likeness (QED) is 0.476. The number of hydrogen-bond acceptors (Lipinski definition) is 1. The van der Waals surface area contributed by atoms with E-state index in [1.165, 1.54) is 6.08 Å². The van der Waals surface area contributed by atoms with Gasteiger partial charge in [-0.1, -0.05) is 30.4 Å². The van der Waals surface area contributed by atoms with Gasteiger partial charge in [-0.3, -0.25) is 0 Å². The average Bonchev–Trinajstić information content (AvgIpc) is 1.87. The first-order valence-electron chi connectivity index (χ1n) is 2.96. The summed E-state index contributed by atoms with van der Waals surface area (Å²) in [5.41, 5.74) is 0. The third kappa shape index (κ3) is 6.69. The summed E-state index contributed by atoms with van der Waals surface area (Å²) < 4.78 is 0. The lowest BCUT2D eigenvalue weighted by molar-refractivity contribution is -0.131. The Morgan fingerprint density at radius 3 is 2.30 bits per heavy atom. The highest BCUT2D eigenvalue weighted by atomic mass is 16.4. The summed E-state index contributed by atoms with van der Waals surface area (Å²) in [6.45, 7) is 1.89. The van der Waals surface area contributed by atoms with Crippen molar-refractivity contribution in [1.29, 1.82) is 0 Å². The third-order valence-corrected chi connectivity index (χ3v) is 0.765. The van der Waals surface area contributed by atoms with Crippen LogP contribution in [0.3, 0.4) is 0 Å². The molecule has 10 heavy (non-hydrogen) atoms. The van der Waals surface area contributed by atoms with Crippen LogP contribution in [0, 0.1) is 0 Å². The van der Waals surface area contributed by atoms with E-state index in [-0.39, 0.29) is 0 Å². The number of rotatable bonds is 3. The summed E-state index contributed by atoms with van der Waals surface area (Å²) in [5.74, 6) is -0.926. The molecule has 0 radical (unpaired) electrons. The predicted octanol–water partition coefficient (Wildman–Crippen LogP) is 1.76. The smallest absolute Gasteiger partial charge is 0.328 e. The van der Waals surface area contributed by atoms with Crippen molar-refractivity contribution < 1.29 is 9.90 Å². The van der Waals surface area contributed by atoms with Crippen LogP contribution in [0.15, 0.2) is 36.5 Å². The fraction of sp³-hybridized carbons (Fsp3) is 0.125. The second kappa shape index (κ2) is 5.82. The molecule has 2 heteroatoms. The lowest BCUT2D eigenvalue weighted by atomic mass is 10.4. The third-order valence-electron chi connectivity index (χ3n) is 0.765. The van der Waals surface area contributed by atoms with Crippen LogP contribution in [0.4, 0.5) is 0 Å². The van der Waals surface area contributed by atoms with Gasteiger partial charge in [0.05, 0.1) is 0 Å². The van der Waals surface area contributed by atoms with Crippen LogP contribution in [0.2, 0.25) is 0 Å². The van der Waals surface area contributed by atoms with Gasteiger partial charge in [0.25, 0.3) is 0 Å². The van der Waals surface area contributed by atoms with Gasteiger partial charge in [0.15, 0.2) is 0 Å². The van der Waals surface area contributed by atoms with Crippen LogP contribution >= 0.6 is 0 Å². The predicted molar refractivity (Wildman–Crippen MR) is 40.7 cm³/mol. The van der Waals surface area contributed by atoms with Crippen molar-refractivity contribution in [3.63, 3.8) is 0 Å². The molecular weight excluding hydrogens is 128 g/mol. The number of carboxylic acids is 1. The first kappa shape index (κ1) is 8.69. The maximum Gasteiger partial charge on any atom is 0.328 e. The molecule has 1 N–H and O–H groups in total. The highest BCUT2D eigenvalue weighted by molar-refractivity contribution is 5.80. The highest BCUT2D eigenvalue weighted by Gasteiger charge is 1.78. The van der Waals surface area contributed by atoms with E-state index in [0.29, 0.717) is 0 Å². The summed E-state index contributed by atoms with van der Waals surface area (Å²) in [5, 5.41) is 8.13. The molecule has 0 bridgehead atoms. The van der Waals surface area contributed by atoms with Gasteiger partial charge >= 0.3 is 5.97 Å². The molecular formula is C8H10O2. The zero-order chi connectivity index (χ0) is 7.82. The number of carboxylic acid groups (broad SMARTS) is 1. The van der Waals surface area contributed by atoms with Gasteiger partial charge in [-0.05, 0) is 6.92 Å². The van der Waals surface area contributed by atoms with Gasteiger partial charge in [0.2, 0.25) is 0 Å². The van der Waals surface area contributed by atoms with Crippen molar-refractivity contribution in [2.24, 2.45) is 0 Å². The summed E-state index contributed by atoms with van der Waals surface area (Å²) in [4.78, 5) is 9.89. The lowest BCUT2D eigenvalue weighted by Crippen LogP contribution is -1.84. The largest absolute Gasteiger partial charge is 0.478 e. The summed E-state index contributed by atoms with van der Waals surface area (Å²) in [6.07, 6.45) is 9.67. The van der Waals surface area contributed by atoms with E-state index in [4.69, 9.17) is 5.11 Å². The molecule has 54 valence electrons. The molecule has 0 saturated carbocycles. The van der Waals surface area contributed by atoms with E-state index < -0.39 is 5.97 Å². The summed E-state index contributed by atoms with van der Waals surface area (Å²) in [7, 11) is 0. The van der Waals surface area contributed by atoms with E-state index in [1.54, 1.807) is 12.2 Å². The molecule has 0 aliphatic carbocycles. The van der Waals surface area contributed by atoms with Gasteiger partial charge in [0, 0.05) is 6.08 Å². The normalized spacial score (nSPS) is 12.1. The Kier molecular flexibility index (Phi) is 5.06. The Labute approximate surface area is 60.2 Å². The number of carbonyl (C=O) groups is 1. The Morgan fingerprint density at radius 1 is 1.20 bits per heavy atom. The van der Waals surface area contributed by atoms with Crippen LogP contribution in [0.1, 0.15) is 6.92 Å². The fourth-order valence-corrected chi connectivity index (χ4v) is 0.377. The second-order valence-corrected chi connectivity index (χ2v) is 1.61. The zero-order valence-electron chi connectivity index (χ0n) is 5.82. The molecule has 0 aliphatic rings. The van der Waals surface area contributed by atoms with E-state index in [1.807, 2.05) is 19.1 Å². The topological polar surface area (TPSA) is 37.3 Å². The molecule has 0 saturated heterocycles. The molecule has 0 spiro atoms. The van der Waals surface area contributed by atoms with Gasteiger partial charge in [-0.25, -0.2) is 4.79 Å². The maximum atomic E-state index is 9.89. The molecule has 0 fully saturated rings. The molecule has 0 aliphatic heterocycles. The first-order valence-corrected chi connectivity index (χ1v) is 2.96. The van der Waals surface area contributed by atoms with Gasteiger partial charge in [-0.15, -0.1) is 0 Å². The standard InChI is InChI=1S/C8H10O2/c1-2-3-4-5-6-7-8(9)10/h2-7H,1H3,(H,9,10)/b3-2+,5-4?,7-6?. The molecule has 0 rings (SSSR count). The number of allylic oxidation sites excluding steroid dienone is 5. The lowest BCUT2D eigenvalue weighted by Gasteiger charge is -1.73. The van der Waals surface area contributed by atoms with Gasteiger partial charge in [-0.2, -0.15) is 0 Å². The SMILES string of the molecule is C/C=C/C=CC=CC(=O)O. The van der Waals surface area contributed by atoms with Crippen molar-refractivity contribution in [3.8, 4) is 0 Å². The molecule has 0 heterocycles. The molecule has 2 nitrogen and oxygen atoms in total. The van der Waals surface area contributed by atoms with Crippen molar-refractivity contribution in [2.45, 2.75) is 6.92 Å². The van der Waals surface area contributed by atoms with Crippen LogP contribution < -0.4 is 0 Å². The fourth-order valence-electron chi connectivity index (χ4n) is 0.377. The molecule has 0 atom stereocenters. The minimum Gasteiger partial charge on any atom is -0.478 e. The Morgan fingerprint density at radius 2 is 1.80 bits per heavy atom. The molecule has 0 aromatic rings. The minimum absolute atomic E-state index is 0.926. The molecule has 0 amide bonds. The van der Waals surface area contributed by atoms with Crippen molar-refractivity contribution >= 4 is 5.97 Å². The van der Waals surface area contributed by atoms with Gasteiger partial charge < -0.3 is 5.11 Å². The first-order chi connectivity index (χ1) is 4.77. The van der Waals surface area contributed by atoms with Crippen LogP contribution in [-0.2, 0) is 4.79 Å². The van der Waals surface area contributed by atoms with E-state index in [0.717, 1.165) is 6.08 Å². The number of hydrogen-bond donors (Lipinski definition) is 1. The van der Waals surface area contributed by atoms with Crippen LogP contribution in [-0.4, -0.2) is 11.1 Å². The zero-order valence-corrected chi connectivity index (χ0v) is 5.82. The molecule has 0 unspecified atom stereocenters. The Hall–Kier alpha value is -1.31. The summed E-state index contributed by atoms with van der Waals surface area (Å²) >= 11 is 0. The Balaban J connectivity index is 3.62. The van der Waals surface area contributed by atoms with E-state index >= 15 is 0 Å². The highest BCUT2D eigenvalue weighted by Crippen LogP contribution is 1.79.